The fourth-order valence-electron chi connectivity index (χ4n) is 1.67. The predicted molar refractivity (Wildman–Crippen MR) is 67.3 cm³/mol. The maximum Gasteiger partial charge on any atom is 0.313 e. The average Bonchev–Trinajstić information content (AvgIpc) is 2.29. The van der Waals surface area contributed by atoms with E-state index in [-0.39, 0.29) is 11.4 Å². The van der Waals surface area contributed by atoms with Crippen molar-refractivity contribution in [2.75, 3.05) is 13.7 Å². The van der Waals surface area contributed by atoms with Crippen LogP contribution in [0.4, 0.5) is 0 Å². The Balaban J connectivity index is 4.50. The van der Waals surface area contributed by atoms with Crippen LogP contribution in [-0.2, 0) is 9.53 Å². The quantitative estimate of drug-likeness (QED) is 0.682. The van der Waals surface area contributed by atoms with Crippen molar-refractivity contribution in [1.29, 1.82) is 0 Å². The molecule has 96 valence electrons. The molecular formula is C13H27NO2. The molecule has 0 bridgehead atoms. The highest BCUT2D eigenvalue weighted by molar-refractivity contribution is 5.76. The van der Waals surface area contributed by atoms with Gasteiger partial charge in [-0.05, 0) is 25.7 Å². The van der Waals surface area contributed by atoms with Gasteiger partial charge in [-0.15, -0.1) is 0 Å². The topological polar surface area (TPSA) is 38.3 Å². The van der Waals surface area contributed by atoms with E-state index < -0.39 is 0 Å². The van der Waals surface area contributed by atoms with E-state index in [0.29, 0.717) is 18.5 Å². The molecule has 1 N–H and O–H groups in total. The number of hydrogen-bond acceptors (Lipinski definition) is 3. The molecule has 0 saturated heterocycles. The van der Waals surface area contributed by atoms with Crippen molar-refractivity contribution in [2.24, 2.45) is 11.3 Å². The van der Waals surface area contributed by atoms with Crippen molar-refractivity contribution in [1.82, 2.24) is 5.32 Å². The molecule has 0 radical (unpaired) electrons. The molecule has 16 heavy (non-hydrogen) atoms. The summed E-state index contributed by atoms with van der Waals surface area (Å²) >= 11 is 0. The molecule has 0 fully saturated rings. The first-order valence-electron chi connectivity index (χ1n) is 6.25. The van der Waals surface area contributed by atoms with E-state index in [9.17, 15) is 4.79 Å². The number of carbonyl (C=O) groups excluding carboxylic acids is 1. The first-order valence-corrected chi connectivity index (χ1v) is 6.25. The van der Waals surface area contributed by atoms with E-state index in [1.54, 1.807) is 0 Å². The van der Waals surface area contributed by atoms with E-state index in [4.69, 9.17) is 4.74 Å². The second-order valence-corrected chi connectivity index (χ2v) is 4.89. The zero-order valence-corrected chi connectivity index (χ0v) is 11.6. The molecule has 0 aromatic heterocycles. The molecule has 0 aliphatic rings. The van der Waals surface area contributed by atoms with Crippen molar-refractivity contribution >= 4 is 5.97 Å². The fourth-order valence-corrected chi connectivity index (χ4v) is 1.67. The third kappa shape index (κ3) is 3.78. The van der Waals surface area contributed by atoms with E-state index in [2.05, 4.69) is 26.1 Å². The molecule has 0 aromatic carbocycles. The van der Waals surface area contributed by atoms with Gasteiger partial charge in [0.15, 0.2) is 0 Å². The lowest BCUT2D eigenvalue weighted by Crippen LogP contribution is -2.45. The van der Waals surface area contributed by atoms with Gasteiger partial charge in [0.2, 0.25) is 0 Å². The van der Waals surface area contributed by atoms with Crippen molar-refractivity contribution in [2.45, 2.75) is 53.5 Å². The number of hydrogen-bond donors (Lipinski definition) is 1. The number of esters is 1. The molecule has 0 saturated carbocycles. The van der Waals surface area contributed by atoms with Crippen LogP contribution in [-0.4, -0.2) is 25.7 Å². The van der Waals surface area contributed by atoms with Gasteiger partial charge < -0.3 is 10.1 Å². The average molecular weight is 229 g/mol. The highest BCUT2D eigenvalue weighted by atomic mass is 16.5. The molecule has 1 unspecified atom stereocenters. The Kier molecular flexibility index (Phi) is 6.65. The lowest BCUT2D eigenvalue weighted by molar-refractivity contribution is -0.153. The smallest absolute Gasteiger partial charge is 0.313 e. The number of rotatable bonds is 7. The summed E-state index contributed by atoms with van der Waals surface area (Å²) in [6.45, 7) is 11.3. The molecule has 0 rings (SSSR count). The van der Waals surface area contributed by atoms with E-state index in [1.807, 2.05) is 13.8 Å². The summed E-state index contributed by atoms with van der Waals surface area (Å²) in [5.41, 5.74) is -0.363. The first kappa shape index (κ1) is 15.4. The van der Waals surface area contributed by atoms with Gasteiger partial charge in [0, 0.05) is 12.6 Å². The van der Waals surface area contributed by atoms with Crippen molar-refractivity contribution in [3.05, 3.63) is 0 Å². The maximum atomic E-state index is 11.8. The summed E-state index contributed by atoms with van der Waals surface area (Å²) in [4.78, 5) is 11.8. The van der Waals surface area contributed by atoms with Crippen LogP contribution in [0.3, 0.4) is 0 Å². The van der Waals surface area contributed by atoms with Crippen LogP contribution >= 0.6 is 0 Å². The van der Waals surface area contributed by atoms with Crippen LogP contribution in [0.2, 0.25) is 0 Å². The van der Waals surface area contributed by atoms with Crippen LogP contribution in [0.15, 0.2) is 0 Å². The van der Waals surface area contributed by atoms with E-state index in [0.717, 1.165) is 12.8 Å². The summed E-state index contributed by atoms with van der Waals surface area (Å²) in [5.74, 6) is 0.477. The Morgan fingerprint density at radius 2 is 1.75 bits per heavy atom. The maximum absolute atomic E-state index is 11.8. The minimum Gasteiger partial charge on any atom is -0.469 e. The Hall–Kier alpha value is -0.570. The number of nitrogens with one attached hydrogen (secondary N) is 1. The second kappa shape index (κ2) is 6.89. The van der Waals surface area contributed by atoms with E-state index in [1.165, 1.54) is 7.11 Å². The van der Waals surface area contributed by atoms with Crippen molar-refractivity contribution in [3.63, 3.8) is 0 Å². The van der Waals surface area contributed by atoms with Gasteiger partial charge in [0.1, 0.15) is 0 Å². The molecule has 0 spiro atoms. The molecule has 1 atom stereocenters. The van der Waals surface area contributed by atoms with Gasteiger partial charge in [-0.1, -0.05) is 27.7 Å². The summed E-state index contributed by atoms with van der Waals surface area (Å²) in [5, 5.41) is 3.44. The normalized spacial score (nSPS) is 13.9. The van der Waals surface area contributed by atoms with Gasteiger partial charge in [0.25, 0.3) is 0 Å². The molecule has 0 aromatic rings. The third-order valence-corrected chi connectivity index (χ3v) is 3.73. The van der Waals surface area contributed by atoms with Crippen molar-refractivity contribution in [3.8, 4) is 0 Å². The monoisotopic (exact) mass is 229 g/mol. The number of carbonyl (C=O) groups is 1. The van der Waals surface area contributed by atoms with Crippen LogP contribution in [0.25, 0.3) is 0 Å². The first-order chi connectivity index (χ1) is 7.43. The molecule has 0 amide bonds. The Morgan fingerprint density at radius 3 is 2.06 bits per heavy atom. The minimum absolute atomic E-state index is 0.0963. The van der Waals surface area contributed by atoms with Gasteiger partial charge in [0.05, 0.1) is 12.5 Å². The highest BCUT2D eigenvalue weighted by Crippen LogP contribution is 2.27. The summed E-state index contributed by atoms with van der Waals surface area (Å²) < 4.78 is 4.91. The second-order valence-electron chi connectivity index (χ2n) is 4.89. The molecular weight excluding hydrogens is 202 g/mol. The van der Waals surface area contributed by atoms with Gasteiger partial charge in [-0.2, -0.15) is 0 Å². The van der Waals surface area contributed by atoms with Crippen LogP contribution < -0.4 is 5.32 Å². The summed E-state index contributed by atoms with van der Waals surface area (Å²) in [7, 11) is 1.47. The Labute approximate surface area is 99.9 Å². The Morgan fingerprint density at radius 1 is 1.25 bits per heavy atom. The molecule has 0 aliphatic carbocycles. The largest absolute Gasteiger partial charge is 0.469 e. The highest BCUT2D eigenvalue weighted by Gasteiger charge is 2.36. The SMILES string of the molecule is CCC(CC)(CNC(C)C(C)C)C(=O)OC. The summed E-state index contributed by atoms with van der Waals surface area (Å²) in [6, 6.07) is 0.419. The fraction of sp³-hybridized carbons (Fsp3) is 0.923. The predicted octanol–water partition coefficient (Wildman–Crippen LogP) is 2.60. The van der Waals surface area contributed by atoms with Crippen molar-refractivity contribution < 1.29 is 9.53 Å². The number of ether oxygens (including phenoxy) is 1. The molecule has 0 heterocycles. The minimum atomic E-state index is -0.363. The lowest BCUT2D eigenvalue weighted by atomic mass is 9.82. The van der Waals surface area contributed by atoms with Crippen LogP contribution in [0.5, 0.6) is 0 Å². The molecule has 3 nitrogen and oxygen atoms in total. The van der Waals surface area contributed by atoms with Crippen LogP contribution in [0, 0.1) is 11.3 Å². The molecule has 0 aliphatic heterocycles. The third-order valence-electron chi connectivity index (χ3n) is 3.73. The summed E-state index contributed by atoms with van der Waals surface area (Å²) in [6.07, 6.45) is 1.63. The lowest BCUT2D eigenvalue weighted by Gasteiger charge is -2.31. The zero-order chi connectivity index (χ0) is 12.8. The number of methoxy groups -OCH3 is 1. The molecule has 3 heteroatoms. The van der Waals surface area contributed by atoms with Gasteiger partial charge >= 0.3 is 5.97 Å². The Bertz CT molecular complexity index is 210. The van der Waals surface area contributed by atoms with E-state index >= 15 is 0 Å². The van der Waals surface area contributed by atoms with Gasteiger partial charge in [-0.25, -0.2) is 0 Å². The zero-order valence-electron chi connectivity index (χ0n) is 11.6. The van der Waals surface area contributed by atoms with Crippen LogP contribution in [0.1, 0.15) is 47.5 Å². The van der Waals surface area contributed by atoms with Gasteiger partial charge in [-0.3, -0.25) is 4.79 Å². The standard InChI is InChI=1S/C13H27NO2/c1-7-13(8-2,12(15)16-6)9-14-11(5)10(3)4/h10-11,14H,7-9H2,1-6H3.